The lowest BCUT2D eigenvalue weighted by molar-refractivity contribution is -0.139. The van der Waals surface area contributed by atoms with Crippen molar-refractivity contribution in [2.24, 2.45) is 0 Å². The van der Waals surface area contributed by atoms with Crippen LogP contribution in [-0.4, -0.2) is 19.7 Å². The molecule has 1 heterocycles. The zero-order valence-electron chi connectivity index (χ0n) is 9.02. The van der Waals surface area contributed by atoms with E-state index in [0.29, 0.717) is 0 Å². The third-order valence-electron chi connectivity index (χ3n) is 1.85. The normalized spacial score (nSPS) is 14.6. The van der Waals surface area contributed by atoms with Crippen LogP contribution in [-0.2, 0) is 20.5 Å². The number of hydrogen-bond acceptors (Lipinski definition) is 4. The predicted octanol–water partition coefficient (Wildman–Crippen LogP) is 2.14. The molecule has 0 saturated heterocycles. The molecule has 0 spiro atoms. The van der Waals surface area contributed by atoms with Gasteiger partial charge in [-0.2, -0.15) is 21.6 Å². The van der Waals surface area contributed by atoms with Crippen molar-refractivity contribution in [1.29, 1.82) is 0 Å². The molecule has 0 aliphatic rings. The molecule has 0 saturated carbocycles. The summed E-state index contributed by atoms with van der Waals surface area (Å²) in [5, 5.41) is 0. The molecule has 4 nitrogen and oxygen atoms in total. The van der Waals surface area contributed by atoms with Crippen LogP contribution in [0.1, 0.15) is 24.3 Å². The Morgan fingerprint density at radius 3 is 2.47 bits per heavy atom. The van der Waals surface area contributed by atoms with Crippen LogP contribution in [0.5, 0.6) is 0 Å². The van der Waals surface area contributed by atoms with Crippen molar-refractivity contribution >= 4 is 10.1 Å². The Balaban J connectivity index is 3.14. The Morgan fingerprint density at radius 2 is 2.00 bits per heavy atom. The lowest BCUT2D eigenvalue weighted by Crippen LogP contribution is -2.16. The Morgan fingerprint density at radius 1 is 1.41 bits per heavy atom. The summed E-state index contributed by atoms with van der Waals surface area (Å²) in [5.41, 5.74) is -1.46. The van der Waals surface area contributed by atoms with Crippen molar-refractivity contribution in [3.8, 4) is 0 Å². The summed E-state index contributed by atoms with van der Waals surface area (Å²) in [5.74, 6) is 0. The second-order valence-electron chi connectivity index (χ2n) is 3.38. The summed E-state index contributed by atoms with van der Waals surface area (Å²) in [7, 11) is -3.84. The first-order valence-corrected chi connectivity index (χ1v) is 6.33. The number of halogens is 3. The van der Waals surface area contributed by atoms with Crippen molar-refractivity contribution < 1.29 is 25.8 Å². The van der Waals surface area contributed by atoms with E-state index in [1.807, 2.05) is 0 Å². The van der Waals surface area contributed by atoms with E-state index in [1.54, 1.807) is 0 Å². The van der Waals surface area contributed by atoms with Gasteiger partial charge in [-0.3, -0.25) is 9.17 Å². The van der Waals surface area contributed by atoms with Crippen LogP contribution in [0.4, 0.5) is 13.2 Å². The molecule has 17 heavy (non-hydrogen) atoms. The van der Waals surface area contributed by atoms with E-state index in [9.17, 15) is 21.6 Å². The van der Waals surface area contributed by atoms with Crippen molar-refractivity contribution in [1.82, 2.24) is 4.98 Å². The Bertz CT molecular complexity index is 498. The molecule has 0 aliphatic heterocycles. The highest BCUT2D eigenvalue weighted by Gasteiger charge is 2.36. The third kappa shape index (κ3) is 3.97. The highest BCUT2D eigenvalue weighted by Crippen LogP contribution is 2.34. The number of pyridine rings is 1. The largest absolute Gasteiger partial charge is 0.418 e. The Labute approximate surface area is 96.6 Å². The first kappa shape index (κ1) is 13.9. The van der Waals surface area contributed by atoms with Gasteiger partial charge >= 0.3 is 6.18 Å². The third-order valence-corrected chi connectivity index (χ3v) is 2.49. The average Bonchev–Trinajstić information content (AvgIpc) is 2.13. The van der Waals surface area contributed by atoms with Crippen LogP contribution in [0.2, 0.25) is 0 Å². The minimum Gasteiger partial charge on any atom is -0.261 e. The van der Waals surface area contributed by atoms with Gasteiger partial charge in [0, 0.05) is 6.20 Å². The van der Waals surface area contributed by atoms with Crippen molar-refractivity contribution in [2.75, 3.05) is 6.26 Å². The zero-order valence-corrected chi connectivity index (χ0v) is 9.84. The van der Waals surface area contributed by atoms with Crippen LogP contribution < -0.4 is 0 Å². The van der Waals surface area contributed by atoms with Gasteiger partial charge in [0.15, 0.2) is 0 Å². The fraction of sp³-hybridized carbons (Fsp3) is 0.444. The molecule has 0 aromatic carbocycles. The lowest BCUT2D eigenvalue weighted by atomic mass is 10.1. The number of hydrogen-bond donors (Lipinski definition) is 0. The topological polar surface area (TPSA) is 56.3 Å². The van der Waals surface area contributed by atoms with Crippen LogP contribution in [0.25, 0.3) is 0 Å². The van der Waals surface area contributed by atoms with Gasteiger partial charge in [-0.15, -0.1) is 0 Å². The van der Waals surface area contributed by atoms with Crippen molar-refractivity contribution in [3.05, 3.63) is 29.6 Å². The molecule has 0 radical (unpaired) electrons. The molecule has 1 aromatic rings. The average molecular weight is 269 g/mol. The molecule has 0 N–H and O–H groups in total. The number of rotatable bonds is 3. The SMILES string of the molecule is CC(OS(C)(=O)=O)c1ncccc1C(F)(F)F. The number of alkyl halides is 3. The van der Waals surface area contributed by atoms with E-state index in [0.717, 1.165) is 24.6 Å². The van der Waals surface area contributed by atoms with Crippen molar-refractivity contribution in [3.63, 3.8) is 0 Å². The summed E-state index contributed by atoms with van der Waals surface area (Å²) < 4.78 is 63.9. The molecule has 0 bridgehead atoms. The van der Waals surface area contributed by atoms with Crippen LogP contribution >= 0.6 is 0 Å². The molecule has 1 atom stereocenters. The molecule has 1 unspecified atom stereocenters. The first-order valence-electron chi connectivity index (χ1n) is 4.51. The summed E-state index contributed by atoms with van der Waals surface area (Å²) >= 11 is 0. The maximum Gasteiger partial charge on any atom is 0.418 e. The Hall–Kier alpha value is -1.15. The Kier molecular flexibility index (Phi) is 3.78. The van der Waals surface area contributed by atoms with Crippen LogP contribution in [0, 0.1) is 0 Å². The summed E-state index contributed by atoms with van der Waals surface area (Å²) in [6, 6.07) is 1.95. The lowest BCUT2D eigenvalue weighted by Gasteiger charge is -2.16. The second-order valence-corrected chi connectivity index (χ2v) is 4.98. The highest BCUT2D eigenvalue weighted by molar-refractivity contribution is 7.86. The summed E-state index contributed by atoms with van der Waals surface area (Å²) in [4.78, 5) is 3.52. The second kappa shape index (κ2) is 4.61. The smallest absolute Gasteiger partial charge is 0.261 e. The molecule has 0 amide bonds. The molecular formula is C9H10F3NO3S. The maximum atomic E-state index is 12.6. The molecule has 1 aromatic heterocycles. The molecule has 8 heteroatoms. The van der Waals surface area contributed by atoms with Gasteiger partial charge in [0.2, 0.25) is 0 Å². The van der Waals surface area contributed by atoms with Gasteiger partial charge < -0.3 is 0 Å². The van der Waals surface area contributed by atoms with Gasteiger partial charge in [0.25, 0.3) is 10.1 Å². The highest BCUT2D eigenvalue weighted by atomic mass is 32.2. The van der Waals surface area contributed by atoms with E-state index < -0.39 is 33.7 Å². The quantitative estimate of drug-likeness (QED) is 0.789. The molecule has 96 valence electrons. The van der Waals surface area contributed by atoms with E-state index in [1.165, 1.54) is 6.92 Å². The van der Waals surface area contributed by atoms with Crippen molar-refractivity contribution in [2.45, 2.75) is 19.2 Å². The van der Waals surface area contributed by atoms with Gasteiger partial charge in [-0.1, -0.05) is 0 Å². The standard InChI is InChI=1S/C9H10F3NO3S/c1-6(16-17(2,14)15)8-7(9(10,11)12)4-3-5-13-8/h3-6H,1-2H3. The van der Waals surface area contributed by atoms with Gasteiger partial charge in [-0.05, 0) is 19.1 Å². The fourth-order valence-electron chi connectivity index (χ4n) is 1.29. The van der Waals surface area contributed by atoms with Gasteiger partial charge in [0.1, 0.15) is 6.10 Å². The van der Waals surface area contributed by atoms with Crippen LogP contribution in [0.15, 0.2) is 18.3 Å². The number of nitrogens with zero attached hydrogens (tertiary/aromatic N) is 1. The van der Waals surface area contributed by atoms with E-state index in [2.05, 4.69) is 9.17 Å². The van der Waals surface area contributed by atoms with E-state index >= 15 is 0 Å². The number of aromatic nitrogens is 1. The zero-order chi connectivity index (χ0) is 13.3. The first-order chi connectivity index (χ1) is 7.61. The minimum absolute atomic E-state index is 0.453. The summed E-state index contributed by atoms with van der Waals surface area (Å²) in [6.07, 6.45) is -3.98. The molecular weight excluding hydrogens is 259 g/mol. The monoisotopic (exact) mass is 269 g/mol. The molecule has 1 rings (SSSR count). The van der Waals surface area contributed by atoms with Gasteiger partial charge in [0.05, 0.1) is 17.5 Å². The summed E-state index contributed by atoms with van der Waals surface area (Å²) in [6.45, 7) is 1.19. The molecule has 0 fully saturated rings. The van der Waals surface area contributed by atoms with Gasteiger partial charge in [-0.25, -0.2) is 0 Å². The predicted molar refractivity (Wildman–Crippen MR) is 53.6 cm³/mol. The minimum atomic E-state index is -4.60. The molecule has 0 aliphatic carbocycles. The van der Waals surface area contributed by atoms with Crippen LogP contribution in [0.3, 0.4) is 0 Å². The fourth-order valence-corrected chi connectivity index (χ4v) is 1.90. The van der Waals surface area contributed by atoms with E-state index in [4.69, 9.17) is 0 Å². The van der Waals surface area contributed by atoms with E-state index in [-0.39, 0.29) is 0 Å². The maximum absolute atomic E-state index is 12.6.